The van der Waals surface area contributed by atoms with Crippen LogP contribution in [-0.4, -0.2) is 12.9 Å². The predicted octanol–water partition coefficient (Wildman–Crippen LogP) is 2.95. The van der Waals surface area contributed by atoms with Gasteiger partial charge in [0, 0.05) is 6.42 Å². The van der Waals surface area contributed by atoms with Gasteiger partial charge in [-0.05, 0) is 28.8 Å². The highest BCUT2D eigenvalue weighted by molar-refractivity contribution is 5.95. The Labute approximate surface area is 106 Å². The molecule has 0 saturated carbocycles. The highest BCUT2D eigenvalue weighted by Gasteiger charge is 2.31. The molecule has 0 N–H and O–H groups in total. The third-order valence-corrected chi connectivity index (χ3v) is 3.50. The van der Waals surface area contributed by atoms with E-state index in [-0.39, 0.29) is 11.7 Å². The average molecular weight is 238 g/mol. The van der Waals surface area contributed by atoms with Crippen molar-refractivity contribution in [2.75, 3.05) is 7.11 Å². The highest BCUT2D eigenvalue weighted by atomic mass is 16.5. The van der Waals surface area contributed by atoms with E-state index in [0.29, 0.717) is 6.42 Å². The minimum absolute atomic E-state index is 0.105. The van der Waals surface area contributed by atoms with Gasteiger partial charge >= 0.3 is 0 Å². The van der Waals surface area contributed by atoms with Gasteiger partial charge in [0.2, 0.25) is 0 Å². The van der Waals surface area contributed by atoms with Crippen molar-refractivity contribution in [3.63, 3.8) is 0 Å². The van der Waals surface area contributed by atoms with Gasteiger partial charge in [-0.15, -0.1) is 0 Å². The van der Waals surface area contributed by atoms with Crippen LogP contribution in [0.2, 0.25) is 0 Å². The van der Waals surface area contributed by atoms with Gasteiger partial charge in [-0.25, -0.2) is 0 Å². The van der Waals surface area contributed by atoms with E-state index in [1.54, 1.807) is 7.11 Å². The Morgan fingerprint density at radius 1 is 1.06 bits per heavy atom. The van der Waals surface area contributed by atoms with Crippen LogP contribution in [0.5, 0.6) is 5.75 Å². The number of benzene rings is 2. The van der Waals surface area contributed by atoms with Crippen molar-refractivity contribution in [2.24, 2.45) is 0 Å². The lowest BCUT2D eigenvalue weighted by Gasteiger charge is -2.11. The lowest BCUT2D eigenvalue weighted by atomic mass is 9.92. The summed E-state index contributed by atoms with van der Waals surface area (Å²) in [6.07, 6.45) is 0.548. The van der Waals surface area contributed by atoms with Crippen molar-refractivity contribution in [2.45, 2.75) is 12.3 Å². The Hall–Kier alpha value is -2.09. The zero-order valence-corrected chi connectivity index (χ0v) is 10.2. The van der Waals surface area contributed by atoms with E-state index in [2.05, 4.69) is 6.07 Å². The van der Waals surface area contributed by atoms with E-state index in [1.165, 1.54) is 0 Å². The van der Waals surface area contributed by atoms with Gasteiger partial charge < -0.3 is 4.74 Å². The first kappa shape index (κ1) is 11.0. The van der Waals surface area contributed by atoms with Gasteiger partial charge in [0.25, 0.3) is 0 Å². The van der Waals surface area contributed by atoms with Crippen LogP contribution in [0, 0.1) is 0 Å². The molecule has 2 nitrogen and oxygen atoms in total. The number of hydrogen-bond donors (Lipinski definition) is 0. The third kappa shape index (κ3) is 1.70. The molecule has 1 aliphatic carbocycles. The Kier molecular flexibility index (Phi) is 2.63. The number of carbonyl (C=O) groups is 1. The van der Waals surface area contributed by atoms with Gasteiger partial charge in [-0.2, -0.15) is 0 Å². The molecule has 0 aliphatic heterocycles. The summed E-state index contributed by atoms with van der Waals surface area (Å²) in [7, 11) is 1.64. The molecule has 0 amide bonds. The summed E-state index contributed by atoms with van der Waals surface area (Å²) in [4.78, 5) is 12.2. The maximum absolute atomic E-state index is 12.2. The Bertz CT molecular complexity index is 584. The second-order valence-electron chi connectivity index (χ2n) is 4.55. The molecule has 2 heteroatoms. The molecule has 0 saturated heterocycles. The quantitative estimate of drug-likeness (QED) is 0.804. The Balaban J connectivity index is 2.03. The molecule has 18 heavy (non-hydrogen) atoms. The Morgan fingerprint density at radius 3 is 2.50 bits per heavy atom. The summed E-state index contributed by atoms with van der Waals surface area (Å²) < 4.78 is 5.14. The number of ether oxygens (including phenoxy) is 1. The Morgan fingerprint density at radius 2 is 1.78 bits per heavy atom. The SMILES string of the molecule is COc1ccc(C2C(=O)Cc3ccccc32)cc1. The molecule has 2 aromatic rings. The van der Waals surface area contributed by atoms with Crippen molar-refractivity contribution in [1.82, 2.24) is 0 Å². The standard InChI is InChI=1S/C16H14O2/c1-18-13-8-6-11(7-9-13)16-14-5-3-2-4-12(14)10-15(16)17/h2-9,16H,10H2,1H3. The molecule has 0 aromatic heterocycles. The first-order valence-corrected chi connectivity index (χ1v) is 6.04. The molecule has 3 rings (SSSR count). The second kappa shape index (κ2) is 4.30. The monoisotopic (exact) mass is 238 g/mol. The summed E-state index contributed by atoms with van der Waals surface area (Å²) in [5, 5.41) is 0. The van der Waals surface area contributed by atoms with Crippen LogP contribution in [0.25, 0.3) is 0 Å². The molecule has 90 valence electrons. The van der Waals surface area contributed by atoms with Crippen molar-refractivity contribution in [1.29, 1.82) is 0 Å². The minimum Gasteiger partial charge on any atom is -0.497 e. The fraction of sp³-hybridized carbons (Fsp3) is 0.188. The summed E-state index contributed by atoms with van der Waals surface area (Å²) in [5.74, 6) is 0.992. The second-order valence-corrected chi connectivity index (χ2v) is 4.55. The lowest BCUT2D eigenvalue weighted by Crippen LogP contribution is -2.07. The number of methoxy groups -OCH3 is 1. The molecule has 1 aliphatic rings. The fourth-order valence-corrected chi connectivity index (χ4v) is 2.60. The molecule has 0 heterocycles. The summed E-state index contributed by atoms with van der Waals surface area (Å²) in [6.45, 7) is 0. The number of rotatable bonds is 2. The first-order chi connectivity index (χ1) is 8.79. The van der Waals surface area contributed by atoms with Crippen LogP contribution in [-0.2, 0) is 11.2 Å². The van der Waals surface area contributed by atoms with E-state index in [1.807, 2.05) is 42.5 Å². The van der Waals surface area contributed by atoms with E-state index in [0.717, 1.165) is 22.4 Å². The maximum atomic E-state index is 12.2. The van der Waals surface area contributed by atoms with Gasteiger partial charge in [-0.1, -0.05) is 36.4 Å². The van der Waals surface area contributed by atoms with Crippen molar-refractivity contribution >= 4 is 5.78 Å². The van der Waals surface area contributed by atoms with Crippen LogP contribution < -0.4 is 4.74 Å². The van der Waals surface area contributed by atoms with Crippen molar-refractivity contribution < 1.29 is 9.53 Å². The molecule has 0 bridgehead atoms. The molecule has 2 aromatic carbocycles. The van der Waals surface area contributed by atoms with Crippen LogP contribution in [0.3, 0.4) is 0 Å². The summed E-state index contributed by atoms with van der Waals surface area (Å²) in [5.41, 5.74) is 3.35. The van der Waals surface area contributed by atoms with Crippen LogP contribution in [0.4, 0.5) is 0 Å². The number of fused-ring (bicyclic) bond motifs is 1. The van der Waals surface area contributed by atoms with Gasteiger partial charge in [0.05, 0.1) is 13.0 Å². The number of carbonyl (C=O) groups excluding carboxylic acids is 1. The molecule has 0 radical (unpaired) electrons. The van der Waals surface area contributed by atoms with Crippen LogP contribution in [0.1, 0.15) is 22.6 Å². The smallest absolute Gasteiger partial charge is 0.149 e. The zero-order valence-electron chi connectivity index (χ0n) is 10.2. The number of hydrogen-bond acceptors (Lipinski definition) is 2. The number of ketones is 1. The zero-order chi connectivity index (χ0) is 12.5. The van der Waals surface area contributed by atoms with Gasteiger partial charge in [0.1, 0.15) is 11.5 Å². The van der Waals surface area contributed by atoms with Crippen molar-refractivity contribution in [3.05, 3.63) is 65.2 Å². The largest absolute Gasteiger partial charge is 0.497 e. The molecular weight excluding hydrogens is 224 g/mol. The fourth-order valence-electron chi connectivity index (χ4n) is 2.60. The lowest BCUT2D eigenvalue weighted by molar-refractivity contribution is -0.118. The normalized spacial score (nSPS) is 17.6. The highest BCUT2D eigenvalue weighted by Crippen LogP contribution is 2.35. The van der Waals surface area contributed by atoms with E-state index >= 15 is 0 Å². The predicted molar refractivity (Wildman–Crippen MR) is 70.0 cm³/mol. The van der Waals surface area contributed by atoms with Gasteiger partial charge in [0.15, 0.2) is 0 Å². The van der Waals surface area contributed by atoms with E-state index in [4.69, 9.17) is 4.74 Å². The topological polar surface area (TPSA) is 26.3 Å². The van der Waals surface area contributed by atoms with Gasteiger partial charge in [-0.3, -0.25) is 4.79 Å². The van der Waals surface area contributed by atoms with Crippen LogP contribution in [0.15, 0.2) is 48.5 Å². The molecule has 1 unspecified atom stereocenters. The molecule has 1 atom stereocenters. The number of Topliss-reactive ketones (excluding diaryl/α,β-unsaturated/α-hetero) is 1. The molecule has 0 fully saturated rings. The average Bonchev–Trinajstić information content (AvgIpc) is 2.75. The van der Waals surface area contributed by atoms with Crippen LogP contribution >= 0.6 is 0 Å². The molecule has 0 spiro atoms. The van der Waals surface area contributed by atoms with Crippen molar-refractivity contribution in [3.8, 4) is 5.75 Å². The third-order valence-electron chi connectivity index (χ3n) is 3.50. The van der Waals surface area contributed by atoms with E-state index < -0.39 is 0 Å². The first-order valence-electron chi connectivity index (χ1n) is 6.04. The summed E-state index contributed by atoms with van der Waals surface area (Å²) in [6, 6.07) is 15.8. The molecular formula is C16H14O2. The summed E-state index contributed by atoms with van der Waals surface area (Å²) >= 11 is 0. The van der Waals surface area contributed by atoms with E-state index in [9.17, 15) is 4.79 Å². The maximum Gasteiger partial charge on any atom is 0.149 e. The minimum atomic E-state index is -0.105.